The van der Waals surface area contributed by atoms with Crippen molar-refractivity contribution in [1.82, 2.24) is 14.7 Å². The minimum absolute atomic E-state index is 0.264. The fourth-order valence-electron chi connectivity index (χ4n) is 2.64. The third kappa shape index (κ3) is 4.99. The van der Waals surface area contributed by atoms with Gasteiger partial charge in [0.2, 0.25) is 0 Å². The normalized spacial score (nSPS) is 17.1. The van der Waals surface area contributed by atoms with Crippen molar-refractivity contribution < 1.29 is 4.74 Å². The van der Waals surface area contributed by atoms with Crippen molar-refractivity contribution in [2.75, 3.05) is 13.5 Å². The molecule has 0 saturated heterocycles. The molecular weight excluding hydrogens is 346 g/mol. The van der Waals surface area contributed by atoms with Crippen LogP contribution in [0, 0.1) is 9.81 Å². The molecule has 1 aromatic carbocycles. The Morgan fingerprint density at radius 2 is 1.56 bits per heavy atom. The lowest BCUT2D eigenvalue weighted by Crippen LogP contribution is -2.27. The lowest BCUT2D eigenvalue weighted by atomic mass is 10.2. The van der Waals surface area contributed by atoms with E-state index in [9.17, 15) is 9.81 Å². The number of nitroso groups, excluding NO2 is 2. The van der Waals surface area contributed by atoms with Crippen molar-refractivity contribution in [3.8, 4) is 0 Å². The molecule has 2 heterocycles. The predicted molar refractivity (Wildman–Crippen MR) is 102 cm³/mol. The van der Waals surface area contributed by atoms with Gasteiger partial charge in [0.15, 0.2) is 0 Å². The van der Waals surface area contributed by atoms with Crippen LogP contribution in [0.25, 0.3) is 0 Å². The molecule has 0 spiro atoms. The molecule has 8 heteroatoms. The Morgan fingerprint density at radius 1 is 0.852 bits per heavy atom. The van der Waals surface area contributed by atoms with Crippen molar-refractivity contribution in [3.05, 3.63) is 106 Å². The monoisotopic (exact) mass is 365 g/mol. The number of hydrogen-bond acceptors (Lipinski definition) is 8. The molecule has 0 aliphatic carbocycles. The summed E-state index contributed by atoms with van der Waals surface area (Å²) in [4.78, 5) is 26.6. The minimum Gasteiger partial charge on any atom is -0.340 e. The van der Waals surface area contributed by atoms with E-state index in [0.29, 0.717) is 19.1 Å². The summed E-state index contributed by atoms with van der Waals surface area (Å²) in [5.41, 5.74) is 1.85. The molecule has 138 valence electrons. The fraction of sp³-hybridized carbons (Fsp3) is 0.158. The van der Waals surface area contributed by atoms with Gasteiger partial charge in [0.05, 0.1) is 6.20 Å². The summed E-state index contributed by atoms with van der Waals surface area (Å²) >= 11 is 0. The van der Waals surface area contributed by atoms with Crippen molar-refractivity contribution in [2.24, 2.45) is 10.4 Å². The van der Waals surface area contributed by atoms with E-state index in [0.717, 1.165) is 11.1 Å². The first-order valence-electron chi connectivity index (χ1n) is 8.31. The van der Waals surface area contributed by atoms with Gasteiger partial charge in [0, 0.05) is 31.3 Å². The van der Waals surface area contributed by atoms with Crippen LogP contribution in [0.1, 0.15) is 5.56 Å². The molecular formula is C19H19N5O3. The Bertz CT molecular complexity index is 798. The zero-order valence-corrected chi connectivity index (χ0v) is 14.6. The van der Waals surface area contributed by atoms with Gasteiger partial charge in [-0.1, -0.05) is 30.3 Å². The number of nitrogens with zero attached hydrogens (tertiary/aromatic N) is 5. The fourth-order valence-corrected chi connectivity index (χ4v) is 2.64. The highest BCUT2D eigenvalue weighted by molar-refractivity contribution is 5.33. The second-order valence-corrected chi connectivity index (χ2v) is 5.82. The summed E-state index contributed by atoms with van der Waals surface area (Å²) < 4.78 is 5.71. The molecule has 0 radical (unpaired) electrons. The maximum Gasteiger partial charge on any atom is 0.137 e. The number of hydrogen-bond donors (Lipinski definition) is 0. The molecule has 0 saturated carbocycles. The van der Waals surface area contributed by atoms with Crippen LogP contribution >= 0.6 is 0 Å². The van der Waals surface area contributed by atoms with Gasteiger partial charge in [-0.3, -0.25) is 0 Å². The average Bonchev–Trinajstić information content (AvgIpc) is 3.06. The summed E-state index contributed by atoms with van der Waals surface area (Å²) in [6.45, 7) is 1.21. The summed E-state index contributed by atoms with van der Waals surface area (Å²) in [7, 11) is 0. The Kier molecular flexibility index (Phi) is 6.26. The van der Waals surface area contributed by atoms with E-state index in [1.807, 2.05) is 57.4 Å². The van der Waals surface area contributed by atoms with Crippen LogP contribution in [-0.2, 0) is 11.3 Å². The van der Waals surface area contributed by atoms with Gasteiger partial charge in [0.1, 0.15) is 25.5 Å². The van der Waals surface area contributed by atoms with Crippen LogP contribution < -0.4 is 0 Å². The van der Waals surface area contributed by atoms with E-state index in [-0.39, 0.29) is 6.73 Å². The van der Waals surface area contributed by atoms with Gasteiger partial charge in [0.25, 0.3) is 0 Å². The molecule has 2 aliphatic heterocycles. The molecule has 0 fully saturated rings. The lowest BCUT2D eigenvalue weighted by molar-refractivity contribution is 0.0226. The number of rotatable bonds is 8. The largest absolute Gasteiger partial charge is 0.340 e. The first kappa shape index (κ1) is 18.3. The predicted octanol–water partition coefficient (Wildman–Crippen LogP) is 3.77. The average molecular weight is 365 g/mol. The smallest absolute Gasteiger partial charge is 0.137 e. The molecule has 0 amide bonds. The van der Waals surface area contributed by atoms with Crippen LogP contribution in [0.4, 0.5) is 0 Å². The molecule has 0 atom stereocenters. The molecule has 0 N–H and O–H groups in total. The van der Waals surface area contributed by atoms with Crippen LogP contribution in [0.15, 0.2) is 101 Å². The number of benzene rings is 1. The molecule has 0 bridgehead atoms. The van der Waals surface area contributed by atoms with Crippen molar-refractivity contribution in [1.29, 1.82) is 0 Å². The number of allylic oxidation sites excluding steroid dienone is 3. The van der Waals surface area contributed by atoms with Crippen molar-refractivity contribution >= 4 is 0 Å². The van der Waals surface area contributed by atoms with Gasteiger partial charge in [-0.25, -0.2) is 0 Å². The molecule has 0 unspecified atom stereocenters. The van der Waals surface area contributed by atoms with E-state index in [1.165, 1.54) is 12.4 Å². The minimum atomic E-state index is 0.264. The van der Waals surface area contributed by atoms with Crippen molar-refractivity contribution in [2.45, 2.75) is 6.54 Å². The second kappa shape index (κ2) is 9.25. The molecule has 27 heavy (non-hydrogen) atoms. The third-order valence-electron chi connectivity index (χ3n) is 3.97. The van der Waals surface area contributed by atoms with E-state index < -0.39 is 0 Å². The quantitative estimate of drug-likeness (QED) is 0.653. The maximum absolute atomic E-state index is 10.8. The maximum atomic E-state index is 10.8. The molecule has 3 rings (SSSR count). The van der Waals surface area contributed by atoms with E-state index in [1.54, 1.807) is 24.6 Å². The SMILES string of the molecule is O=NC=C1C=CN(COCN2C=CN(Cc3ccccc3)/C2=C\N=O)C=C1. The molecule has 8 nitrogen and oxygen atoms in total. The van der Waals surface area contributed by atoms with E-state index in [4.69, 9.17) is 4.74 Å². The first-order chi connectivity index (χ1) is 13.3. The van der Waals surface area contributed by atoms with E-state index in [2.05, 4.69) is 10.4 Å². The van der Waals surface area contributed by atoms with E-state index >= 15 is 0 Å². The Morgan fingerprint density at radius 3 is 2.26 bits per heavy atom. The van der Waals surface area contributed by atoms with Gasteiger partial charge in [-0.15, -0.1) is 9.81 Å². The zero-order chi connectivity index (χ0) is 18.9. The Labute approximate surface area is 156 Å². The van der Waals surface area contributed by atoms with Crippen LogP contribution in [0.2, 0.25) is 0 Å². The standard InChI is InChI=1S/C19H19N5O3/c25-20-12-17-6-8-22(9-7-17)15-27-16-24-11-10-23(19(24)13-21-26)14-18-4-2-1-3-5-18/h1-13H,14-16H2/b19-13+. The van der Waals surface area contributed by atoms with Gasteiger partial charge in [-0.2, -0.15) is 0 Å². The highest BCUT2D eigenvalue weighted by Gasteiger charge is 2.20. The molecule has 1 aromatic rings. The second-order valence-electron chi connectivity index (χ2n) is 5.82. The Balaban J connectivity index is 1.52. The van der Waals surface area contributed by atoms with Gasteiger partial charge < -0.3 is 19.4 Å². The first-order valence-corrected chi connectivity index (χ1v) is 8.31. The molecule has 2 aliphatic rings. The lowest BCUT2D eigenvalue weighted by Gasteiger charge is -2.25. The number of ether oxygens (including phenoxy) is 1. The van der Waals surface area contributed by atoms with Gasteiger partial charge >= 0.3 is 0 Å². The summed E-state index contributed by atoms with van der Waals surface area (Å²) in [6, 6.07) is 9.96. The van der Waals surface area contributed by atoms with Gasteiger partial charge in [-0.05, 0) is 33.6 Å². The Hall–Kier alpha value is -3.52. The zero-order valence-electron chi connectivity index (χ0n) is 14.6. The van der Waals surface area contributed by atoms with Crippen LogP contribution in [0.3, 0.4) is 0 Å². The van der Waals surface area contributed by atoms with Crippen LogP contribution in [-0.4, -0.2) is 28.2 Å². The topological polar surface area (TPSA) is 77.8 Å². The highest BCUT2D eigenvalue weighted by Crippen LogP contribution is 2.22. The summed E-state index contributed by atoms with van der Waals surface area (Å²) in [6.07, 6.45) is 13.4. The van der Waals surface area contributed by atoms with Crippen molar-refractivity contribution in [3.63, 3.8) is 0 Å². The molecule has 0 aromatic heterocycles. The van der Waals surface area contributed by atoms with Crippen LogP contribution in [0.5, 0.6) is 0 Å². The highest BCUT2D eigenvalue weighted by atomic mass is 16.5. The third-order valence-corrected chi connectivity index (χ3v) is 3.97. The summed E-state index contributed by atoms with van der Waals surface area (Å²) in [5.74, 6) is 0.654. The summed E-state index contributed by atoms with van der Waals surface area (Å²) in [5, 5.41) is 5.66.